The lowest BCUT2D eigenvalue weighted by atomic mass is 9.89. The molecule has 0 aliphatic rings. The molecule has 0 bridgehead atoms. The van der Waals surface area contributed by atoms with Crippen LogP contribution in [0, 0.1) is 5.82 Å². The summed E-state index contributed by atoms with van der Waals surface area (Å²) in [5, 5.41) is 0. The first-order valence-corrected chi connectivity index (χ1v) is 12.8. The molecule has 29 heavy (non-hydrogen) atoms. The molecular weight excluding hydrogens is 379 g/mol. The molecule has 0 spiro atoms. The van der Waals surface area contributed by atoms with Crippen molar-refractivity contribution in [1.29, 1.82) is 0 Å². The van der Waals surface area contributed by atoms with E-state index in [0.717, 1.165) is 17.7 Å². The van der Waals surface area contributed by atoms with Gasteiger partial charge in [-0.25, -0.2) is 4.39 Å². The first kappa shape index (κ1) is 21.1. The van der Waals surface area contributed by atoms with Gasteiger partial charge in [-0.2, -0.15) is 0 Å². The van der Waals surface area contributed by atoms with Crippen LogP contribution < -0.4 is 9.47 Å². The summed E-state index contributed by atoms with van der Waals surface area (Å²) in [4.78, 5) is 0. The second-order valence-electron chi connectivity index (χ2n) is 7.41. The van der Waals surface area contributed by atoms with Crippen LogP contribution in [0.4, 0.5) is 4.39 Å². The first-order valence-electron chi connectivity index (χ1n) is 10.1. The highest BCUT2D eigenvalue weighted by Crippen LogP contribution is 2.35. The Kier molecular flexibility index (Phi) is 7.47. The minimum Gasteiger partial charge on any atom is -0.494 e. The summed E-state index contributed by atoms with van der Waals surface area (Å²) in [5.41, 5.74) is 2.29. The van der Waals surface area contributed by atoms with Crippen molar-refractivity contribution in [2.24, 2.45) is 0 Å². The van der Waals surface area contributed by atoms with Crippen molar-refractivity contribution >= 4 is 8.80 Å². The zero-order valence-corrected chi connectivity index (χ0v) is 18.3. The zero-order chi connectivity index (χ0) is 20.6. The second kappa shape index (κ2) is 10.3. The Balaban J connectivity index is 1.91. The van der Waals surface area contributed by atoms with Crippen LogP contribution in [0.2, 0.25) is 19.1 Å². The fraction of sp³-hybridized carbons (Fsp3) is 0.280. The third-order valence-electron chi connectivity index (χ3n) is 4.86. The lowest BCUT2D eigenvalue weighted by Gasteiger charge is -2.20. The number of hydrogen-bond donors (Lipinski definition) is 0. The summed E-state index contributed by atoms with van der Waals surface area (Å²) in [7, 11) is -0.356. The third-order valence-corrected chi connectivity index (χ3v) is 6.14. The van der Waals surface area contributed by atoms with Gasteiger partial charge >= 0.3 is 0 Å². The van der Waals surface area contributed by atoms with Gasteiger partial charge in [0.05, 0.1) is 6.61 Å². The van der Waals surface area contributed by atoms with E-state index in [4.69, 9.17) is 9.47 Å². The molecule has 0 aliphatic heterocycles. The summed E-state index contributed by atoms with van der Waals surface area (Å²) >= 11 is 0. The van der Waals surface area contributed by atoms with Gasteiger partial charge in [0, 0.05) is 14.7 Å². The highest BCUT2D eigenvalue weighted by Gasteiger charge is 2.18. The van der Waals surface area contributed by atoms with E-state index in [1.54, 1.807) is 0 Å². The van der Waals surface area contributed by atoms with Gasteiger partial charge in [-0.15, -0.1) is 0 Å². The van der Waals surface area contributed by atoms with E-state index >= 15 is 0 Å². The van der Waals surface area contributed by atoms with Gasteiger partial charge in [0.25, 0.3) is 0 Å². The van der Waals surface area contributed by atoms with E-state index in [1.165, 1.54) is 17.7 Å². The Labute approximate surface area is 174 Å². The molecule has 0 N–H and O–H groups in total. The van der Waals surface area contributed by atoms with E-state index in [2.05, 4.69) is 25.2 Å². The summed E-state index contributed by atoms with van der Waals surface area (Å²) in [5.74, 6) is 1.62. The average molecular weight is 408 g/mol. The van der Waals surface area contributed by atoms with Gasteiger partial charge in [0.1, 0.15) is 11.5 Å². The highest BCUT2D eigenvalue weighted by molar-refractivity contribution is 6.55. The van der Waals surface area contributed by atoms with Gasteiger partial charge in [0.15, 0.2) is 11.6 Å². The lowest BCUT2D eigenvalue weighted by Crippen LogP contribution is -2.07. The fourth-order valence-electron chi connectivity index (χ4n) is 3.35. The predicted octanol–water partition coefficient (Wildman–Crippen LogP) is 7.29. The van der Waals surface area contributed by atoms with Crippen LogP contribution in [0.25, 0.3) is 0 Å². The maximum Gasteiger partial charge on any atom is 0.165 e. The van der Waals surface area contributed by atoms with Gasteiger partial charge in [-0.3, -0.25) is 0 Å². The van der Waals surface area contributed by atoms with Crippen molar-refractivity contribution in [3.8, 4) is 17.2 Å². The van der Waals surface area contributed by atoms with Crippen LogP contribution in [0.5, 0.6) is 17.2 Å². The van der Waals surface area contributed by atoms with Crippen molar-refractivity contribution in [1.82, 2.24) is 0 Å². The van der Waals surface area contributed by atoms with E-state index in [9.17, 15) is 4.39 Å². The number of benzene rings is 3. The molecule has 3 aromatic rings. The normalized spacial score (nSPS) is 12.0. The molecule has 2 nitrogen and oxygen atoms in total. The van der Waals surface area contributed by atoms with E-state index in [0.29, 0.717) is 12.4 Å². The summed E-state index contributed by atoms with van der Waals surface area (Å²) in [6.07, 6.45) is 1.03. The molecule has 0 fully saturated rings. The lowest BCUT2D eigenvalue weighted by molar-refractivity contribution is 0.340. The van der Waals surface area contributed by atoms with Crippen LogP contribution in [0.1, 0.15) is 30.4 Å². The molecular formula is C25H28FO2Si. The Morgan fingerprint density at radius 1 is 0.862 bits per heavy atom. The zero-order valence-electron chi connectivity index (χ0n) is 17.3. The molecule has 1 radical (unpaired) electrons. The number of para-hydroxylation sites is 1. The Morgan fingerprint density at radius 2 is 1.55 bits per heavy atom. The minimum absolute atomic E-state index is 0.198. The highest BCUT2D eigenvalue weighted by atomic mass is 28.3. The second-order valence-corrected chi connectivity index (χ2v) is 10.3. The van der Waals surface area contributed by atoms with Crippen molar-refractivity contribution in [3.05, 3.63) is 89.7 Å². The minimum atomic E-state index is -0.356. The van der Waals surface area contributed by atoms with Gasteiger partial charge in [-0.1, -0.05) is 55.5 Å². The van der Waals surface area contributed by atoms with Crippen molar-refractivity contribution in [3.63, 3.8) is 0 Å². The molecule has 0 amide bonds. The smallest absolute Gasteiger partial charge is 0.165 e. The van der Waals surface area contributed by atoms with Crippen LogP contribution >= 0.6 is 0 Å². The van der Waals surface area contributed by atoms with E-state index in [1.807, 2.05) is 61.5 Å². The Hall–Kier alpha value is -2.59. The first-order chi connectivity index (χ1) is 14.1. The van der Waals surface area contributed by atoms with Gasteiger partial charge < -0.3 is 9.47 Å². The molecule has 4 heteroatoms. The van der Waals surface area contributed by atoms with Crippen LogP contribution in [0.15, 0.2) is 72.8 Å². The molecule has 3 aromatic carbocycles. The van der Waals surface area contributed by atoms with Crippen LogP contribution in [0.3, 0.4) is 0 Å². The predicted molar refractivity (Wildman–Crippen MR) is 119 cm³/mol. The molecule has 0 saturated heterocycles. The summed E-state index contributed by atoms with van der Waals surface area (Å²) in [6.45, 7) is 7.29. The fourth-order valence-corrected chi connectivity index (χ4v) is 4.22. The number of ether oxygens (including phenoxy) is 2. The largest absolute Gasteiger partial charge is 0.494 e. The molecule has 0 aliphatic carbocycles. The molecule has 1 unspecified atom stereocenters. The average Bonchev–Trinajstić information content (AvgIpc) is 2.72. The topological polar surface area (TPSA) is 18.5 Å². The maximum absolute atomic E-state index is 14.4. The number of halogens is 1. The third kappa shape index (κ3) is 5.94. The molecule has 0 aromatic heterocycles. The summed E-state index contributed by atoms with van der Waals surface area (Å²) in [6, 6.07) is 24.0. The van der Waals surface area contributed by atoms with Crippen LogP contribution in [-0.2, 0) is 0 Å². The van der Waals surface area contributed by atoms with Crippen LogP contribution in [-0.4, -0.2) is 15.4 Å². The Morgan fingerprint density at radius 3 is 2.21 bits per heavy atom. The molecule has 0 saturated carbocycles. The van der Waals surface area contributed by atoms with E-state index < -0.39 is 0 Å². The SMILES string of the molecule is CCOc1ccc(C(CC[Si](C)C)c2ccc(F)c(Oc3ccccc3)c2)cc1. The quantitative estimate of drug-likeness (QED) is 0.347. The molecule has 1 atom stereocenters. The van der Waals surface area contributed by atoms with Gasteiger partial charge in [0.2, 0.25) is 0 Å². The van der Waals surface area contributed by atoms with Crippen molar-refractivity contribution < 1.29 is 13.9 Å². The molecule has 3 rings (SSSR count). The number of hydrogen-bond acceptors (Lipinski definition) is 2. The monoisotopic (exact) mass is 407 g/mol. The molecule has 0 heterocycles. The van der Waals surface area contributed by atoms with Crippen molar-refractivity contribution in [2.45, 2.75) is 38.4 Å². The van der Waals surface area contributed by atoms with E-state index in [-0.39, 0.29) is 26.3 Å². The molecule has 151 valence electrons. The standard InChI is InChI=1S/C25H28FO2Si/c1-4-27-21-13-10-19(11-14-21)23(16-17-29(2)3)20-12-15-24(26)25(18-20)28-22-8-6-5-7-9-22/h5-15,18,23H,4,16-17H2,1-3H3. The van der Waals surface area contributed by atoms with Crippen molar-refractivity contribution in [2.75, 3.05) is 6.61 Å². The number of rotatable bonds is 9. The van der Waals surface area contributed by atoms with Gasteiger partial charge in [-0.05, 0) is 60.9 Å². The summed E-state index contributed by atoms with van der Waals surface area (Å²) < 4.78 is 25.8. The Bertz CT molecular complexity index is 894. The maximum atomic E-state index is 14.4.